The summed E-state index contributed by atoms with van der Waals surface area (Å²) < 4.78 is 13.6. The highest BCUT2D eigenvalue weighted by molar-refractivity contribution is 7.98. The van der Waals surface area contributed by atoms with E-state index in [4.69, 9.17) is 17.3 Å². The van der Waals surface area contributed by atoms with Gasteiger partial charge in [0, 0.05) is 21.4 Å². The zero-order chi connectivity index (χ0) is 13.1. The van der Waals surface area contributed by atoms with Crippen LogP contribution in [0.4, 0.5) is 10.1 Å². The summed E-state index contributed by atoms with van der Waals surface area (Å²) in [7, 11) is 0. The molecule has 0 aromatic heterocycles. The molecule has 0 aliphatic rings. The van der Waals surface area contributed by atoms with Crippen LogP contribution in [0.3, 0.4) is 0 Å². The first-order valence-electron chi connectivity index (χ1n) is 5.49. The molecular weight excluding hydrogens is 269 g/mol. The number of nitrogen functional groups attached to an aromatic ring is 1. The van der Waals surface area contributed by atoms with Crippen LogP contribution in [0.1, 0.15) is 11.1 Å². The van der Waals surface area contributed by atoms with Gasteiger partial charge >= 0.3 is 0 Å². The van der Waals surface area contributed by atoms with Crippen LogP contribution in [-0.2, 0) is 5.75 Å². The lowest BCUT2D eigenvalue weighted by atomic mass is 10.2. The van der Waals surface area contributed by atoms with Gasteiger partial charge in [-0.2, -0.15) is 0 Å². The molecule has 0 fully saturated rings. The molecule has 0 atom stereocenters. The number of nitrogens with two attached hydrogens (primary N) is 1. The number of thioether (sulfide) groups is 1. The summed E-state index contributed by atoms with van der Waals surface area (Å²) in [6.45, 7) is 1.99. The second-order valence-corrected chi connectivity index (χ2v) is 5.52. The Morgan fingerprint density at radius 3 is 2.67 bits per heavy atom. The van der Waals surface area contributed by atoms with Crippen molar-refractivity contribution in [3.63, 3.8) is 0 Å². The first-order valence-corrected chi connectivity index (χ1v) is 6.85. The highest BCUT2D eigenvalue weighted by atomic mass is 35.5. The third kappa shape index (κ3) is 3.18. The minimum atomic E-state index is -0.277. The first kappa shape index (κ1) is 13.2. The molecule has 0 bridgehead atoms. The molecular formula is C14H13ClFNS. The number of rotatable bonds is 3. The van der Waals surface area contributed by atoms with Crippen molar-refractivity contribution in [2.45, 2.75) is 17.6 Å². The Labute approximate surface area is 115 Å². The van der Waals surface area contributed by atoms with Crippen molar-refractivity contribution in [3.05, 3.63) is 58.4 Å². The average Bonchev–Trinajstić information content (AvgIpc) is 2.30. The van der Waals surface area contributed by atoms with E-state index in [0.29, 0.717) is 16.3 Å². The van der Waals surface area contributed by atoms with E-state index in [0.717, 1.165) is 16.1 Å². The van der Waals surface area contributed by atoms with Gasteiger partial charge in [0.05, 0.1) is 0 Å². The predicted molar refractivity (Wildman–Crippen MR) is 76.6 cm³/mol. The molecule has 94 valence electrons. The molecule has 0 heterocycles. The third-order valence-electron chi connectivity index (χ3n) is 2.56. The van der Waals surface area contributed by atoms with E-state index in [9.17, 15) is 4.39 Å². The Kier molecular flexibility index (Phi) is 4.15. The Morgan fingerprint density at radius 1 is 1.22 bits per heavy atom. The molecule has 2 aromatic carbocycles. The van der Waals surface area contributed by atoms with Crippen LogP contribution >= 0.6 is 23.4 Å². The number of aryl methyl sites for hydroxylation is 1. The predicted octanol–water partition coefficient (Wildman–Crippen LogP) is 4.66. The lowest BCUT2D eigenvalue weighted by molar-refractivity contribution is 0.617. The number of hydrogen-bond acceptors (Lipinski definition) is 2. The molecule has 0 amide bonds. The highest BCUT2D eigenvalue weighted by Crippen LogP contribution is 2.30. The number of hydrogen-bond donors (Lipinski definition) is 1. The third-order valence-corrected chi connectivity index (χ3v) is 3.94. The summed E-state index contributed by atoms with van der Waals surface area (Å²) in [5.74, 6) is 0.261. The van der Waals surface area contributed by atoms with Gasteiger partial charge in [0.2, 0.25) is 0 Å². The molecule has 0 saturated carbocycles. The van der Waals surface area contributed by atoms with Crippen LogP contribution in [0.25, 0.3) is 0 Å². The Balaban J connectivity index is 2.11. The Bertz CT molecular complexity index is 520. The summed E-state index contributed by atoms with van der Waals surface area (Å²) in [4.78, 5) is 0.968. The molecule has 2 rings (SSSR count). The quantitative estimate of drug-likeness (QED) is 0.654. The summed E-state index contributed by atoms with van der Waals surface area (Å²) >= 11 is 7.23. The van der Waals surface area contributed by atoms with Crippen molar-refractivity contribution >= 4 is 29.1 Å². The van der Waals surface area contributed by atoms with Crippen molar-refractivity contribution in [1.82, 2.24) is 0 Å². The van der Waals surface area contributed by atoms with Gasteiger partial charge in [0.1, 0.15) is 5.82 Å². The van der Waals surface area contributed by atoms with Crippen LogP contribution in [0, 0.1) is 12.7 Å². The molecule has 0 radical (unpaired) electrons. The number of anilines is 1. The maximum atomic E-state index is 13.6. The summed E-state index contributed by atoms with van der Waals surface area (Å²) in [6, 6.07) is 10.6. The number of benzene rings is 2. The first-order chi connectivity index (χ1) is 8.56. The van der Waals surface area contributed by atoms with Crippen LogP contribution in [0.5, 0.6) is 0 Å². The molecule has 1 nitrogen and oxygen atoms in total. The fraction of sp³-hybridized carbons (Fsp3) is 0.143. The molecule has 0 unspecified atom stereocenters. The molecule has 0 spiro atoms. The Hall–Kier alpha value is -1.19. The van der Waals surface area contributed by atoms with E-state index in [2.05, 4.69) is 0 Å². The summed E-state index contributed by atoms with van der Waals surface area (Å²) in [6.07, 6.45) is 0. The zero-order valence-corrected chi connectivity index (χ0v) is 11.5. The topological polar surface area (TPSA) is 26.0 Å². The summed E-state index contributed by atoms with van der Waals surface area (Å²) in [5.41, 5.74) is 8.39. The van der Waals surface area contributed by atoms with Gasteiger partial charge in [-0.1, -0.05) is 23.7 Å². The summed E-state index contributed by atoms with van der Waals surface area (Å²) in [5, 5.41) is 0.413. The molecule has 2 N–H and O–H groups in total. The van der Waals surface area contributed by atoms with E-state index >= 15 is 0 Å². The lowest BCUT2D eigenvalue weighted by Gasteiger charge is -2.07. The second-order valence-electron chi connectivity index (χ2n) is 4.07. The standard InChI is InChI=1S/C14H13ClFNS/c1-9-2-5-14(13(17)6-9)18-8-10-3-4-11(15)7-12(10)16/h2-7H,8,17H2,1H3. The molecule has 0 aliphatic carbocycles. The van der Waals surface area contributed by atoms with Crippen LogP contribution in [0.15, 0.2) is 41.3 Å². The van der Waals surface area contributed by atoms with E-state index in [1.54, 1.807) is 12.1 Å². The van der Waals surface area contributed by atoms with Crippen molar-refractivity contribution in [3.8, 4) is 0 Å². The van der Waals surface area contributed by atoms with E-state index < -0.39 is 0 Å². The van der Waals surface area contributed by atoms with Crippen molar-refractivity contribution in [1.29, 1.82) is 0 Å². The fourth-order valence-electron chi connectivity index (χ4n) is 1.59. The molecule has 2 aromatic rings. The maximum absolute atomic E-state index is 13.6. The van der Waals surface area contributed by atoms with Crippen molar-refractivity contribution in [2.24, 2.45) is 0 Å². The lowest BCUT2D eigenvalue weighted by Crippen LogP contribution is -1.91. The van der Waals surface area contributed by atoms with E-state index in [1.807, 2.05) is 25.1 Å². The second kappa shape index (κ2) is 5.63. The van der Waals surface area contributed by atoms with E-state index in [1.165, 1.54) is 17.8 Å². The van der Waals surface area contributed by atoms with Gasteiger partial charge in [-0.05, 0) is 42.3 Å². The maximum Gasteiger partial charge on any atom is 0.128 e. The van der Waals surface area contributed by atoms with Gasteiger partial charge in [-0.25, -0.2) is 4.39 Å². The van der Waals surface area contributed by atoms with Gasteiger partial charge in [0.15, 0.2) is 0 Å². The van der Waals surface area contributed by atoms with Crippen LogP contribution in [-0.4, -0.2) is 0 Å². The highest BCUT2D eigenvalue weighted by Gasteiger charge is 2.05. The minimum Gasteiger partial charge on any atom is -0.398 e. The smallest absolute Gasteiger partial charge is 0.128 e. The largest absolute Gasteiger partial charge is 0.398 e. The zero-order valence-electron chi connectivity index (χ0n) is 9.91. The van der Waals surface area contributed by atoms with Gasteiger partial charge < -0.3 is 5.73 Å². The molecule has 4 heteroatoms. The minimum absolute atomic E-state index is 0.277. The van der Waals surface area contributed by atoms with Crippen molar-refractivity contribution < 1.29 is 4.39 Å². The molecule has 0 saturated heterocycles. The van der Waals surface area contributed by atoms with Crippen molar-refractivity contribution in [2.75, 3.05) is 5.73 Å². The molecule has 0 aliphatic heterocycles. The SMILES string of the molecule is Cc1ccc(SCc2ccc(Cl)cc2F)c(N)c1. The van der Waals surface area contributed by atoms with Gasteiger partial charge in [-0.15, -0.1) is 11.8 Å². The van der Waals surface area contributed by atoms with Gasteiger partial charge in [-0.3, -0.25) is 0 Å². The Morgan fingerprint density at radius 2 is 2.00 bits per heavy atom. The average molecular weight is 282 g/mol. The van der Waals surface area contributed by atoms with E-state index in [-0.39, 0.29) is 5.82 Å². The fourth-order valence-corrected chi connectivity index (χ4v) is 2.69. The monoisotopic (exact) mass is 281 g/mol. The normalized spacial score (nSPS) is 10.6. The van der Waals surface area contributed by atoms with Crippen LogP contribution in [0.2, 0.25) is 5.02 Å². The van der Waals surface area contributed by atoms with Crippen LogP contribution < -0.4 is 5.73 Å². The molecule has 18 heavy (non-hydrogen) atoms. The number of halogens is 2. The van der Waals surface area contributed by atoms with Gasteiger partial charge in [0.25, 0.3) is 0 Å².